The summed E-state index contributed by atoms with van der Waals surface area (Å²) in [7, 11) is 1.73. The number of para-hydroxylation sites is 1. The zero-order valence-electron chi connectivity index (χ0n) is 12.7. The maximum Gasteiger partial charge on any atom is 0.323 e. The number of likely N-dealkylation sites (N-methyl/N-ethyl adjacent to an activating group) is 1. The van der Waals surface area contributed by atoms with E-state index in [1.165, 1.54) is 5.69 Å². The Morgan fingerprint density at radius 3 is 2.40 bits per heavy atom. The van der Waals surface area contributed by atoms with Gasteiger partial charge in [-0.1, -0.05) is 25.1 Å². The summed E-state index contributed by atoms with van der Waals surface area (Å²) in [5.41, 5.74) is 0.396. The van der Waals surface area contributed by atoms with Crippen molar-refractivity contribution in [3.05, 3.63) is 30.3 Å². The average Bonchev–Trinajstić information content (AvgIpc) is 2.48. The highest BCUT2D eigenvalue weighted by Gasteiger charge is 2.34. The Kier molecular flexibility index (Phi) is 6.52. The van der Waals surface area contributed by atoms with E-state index in [0.29, 0.717) is 12.8 Å². The quantitative estimate of drug-likeness (QED) is 0.729. The number of nitrogens with one attached hydrogen (secondary N) is 1. The molecule has 1 atom stereocenters. The molecule has 0 aromatic heterocycles. The highest BCUT2D eigenvalue weighted by atomic mass is 16.4. The van der Waals surface area contributed by atoms with Crippen LogP contribution in [0, 0.1) is 0 Å². The van der Waals surface area contributed by atoms with Gasteiger partial charge in [-0.05, 0) is 45.4 Å². The zero-order chi connectivity index (χ0) is 15.0. The molecule has 4 nitrogen and oxygen atoms in total. The van der Waals surface area contributed by atoms with Gasteiger partial charge in [-0.25, -0.2) is 0 Å². The standard InChI is InChI=1S/C16H26N2O2/c1-4-16(17-3,15(19)20)12-9-13-18(5-2)14-10-7-6-8-11-14/h6-8,10-11,17H,4-5,9,12-13H2,1-3H3,(H,19,20). The maximum atomic E-state index is 11.4. The summed E-state index contributed by atoms with van der Waals surface area (Å²) in [6.07, 6.45) is 2.08. The van der Waals surface area contributed by atoms with Crippen molar-refractivity contribution in [1.29, 1.82) is 0 Å². The van der Waals surface area contributed by atoms with Gasteiger partial charge in [0.2, 0.25) is 0 Å². The van der Waals surface area contributed by atoms with Gasteiger partial charge in [0.05, 0.1) is 0 Å². The van der Waals surface area contributed by atoms with E-state index in [9.17, 15) is 9.90 Å². The van der Waals surface area contributed by atoms with E-state index in [1.807, 2.05) is 25.1 Å². The van der Waals surface area contributed by atoms with Gasteiger partial charge in [0.1, 0.15) is 5.54 Å². The van der Waals surface area contributed by atoms with Crippen LogP contribution in [0.25, 0.3) is 0 Å². The van der Waals surface area contributed by atoms with E-state index >= 15 is 0 Å². The van der Waals surface area contributed by atoms with Crippen LogP contribution in [0.15, 0.2) is 30.3 Å². The van der Waals surface area contributed by atoms with Gasteiger partial charge in [-0.15, -0.1) is 0 Å². The second-order valence-electron chi connectivity index (χ2n) is 5.01. The number of carbonyl (C=O) groups is 1. The molecule has 20 heavy (non-hydrogen) atoms. The third kappa shape index (κ3) is 3.97. The molecule has 0 bridgehead atoms. The molecule has 0 spiro atoms. The minimum absolute atomic E-state index is 0.594. The topological polar surface area (TPSA) is 52.6 Å². The highest BCUT2D eigenvalue weighted by Crippen LogP contribution is 2.20. The molecule has 0 radical (unpaired) electrons. The Morgan fingerprint density at radius 2 is 1.95 bits per heavy atom. The van der Waals surface area contributed by atoms with Crippen LogP contribution < -0.4 is 10.2 Å². The monoisotopic (exact) mass is 278 g/mol. The molecular weight excluding hydrogens is 252 g/mol. The molecule has 0 saturated carbocycles. The Hall–Kier alpha value is -1.55. The van der Waals surface area contributed by atoms with Gasteiger partial charge in [0.15, 0.2) is 0 Å². The number of carboxylic acids is 1. The lowest BCUT2D eigenvalue weighted by molar-refractivity contribution is -0.145. The number of hydrogen-bond acceptors (Lipinski definition) is 3. The molecule has 0 aliphatic rings. The number of hydrogen-bond donors (Lipinski definition) is 2. The summed E-state index contributed by atoms with van der Waals surface area (Å²) in [5, 5.41) is 12.4. The first-order valence-electron chi connectivity index (χ1n) is 7.32. The van der Waals surface area contributed by atoms with Gasteiger partial charge in [-0.3, -0.25) is 4.79 Å². The summed E-state index contributed by atoms with van der Waals surface area (Å²) < 4.78 is 0. The van der Waals surface area contributed by atoms with Crippen LogP contribution in [0.4, 0.5) is 5.69 Å². The van der Waals surface area contributed by atoms with Crippen molar-refractivity contribution in [2.75, 3.05) is 25.0 Å². The van der Waals surface area contributed by atoms with Gasteiger partial charge in [0, 0.05) is 18.8 Å². The molecule has 0 fully saturated rings. The minimum Gasteiger partial charge on any atom is -0.480 e. The van der Waals surface area contributed by atoms with Crippen LogP contribution >= 0.6 is 0 Å². The summed E-state index contributed by atoms with van der Waals surface area (Å²) in [4.78, 5) is 13.7. The SMILES string of the molecule is CCN(CCCC(CC)(NC)C(=O)O)c1ccccc1. The van der Waals surface area contributed by atoms with E-state index in [1.54, 1.807) is 7.05 Å². The third-order valence-corrected chi connectivity index (χ3v) is 4.03. The second kappa shape index (κ2) is 7.90. The van der Waals surface area contributed by atoms with E-state index in [4.69, 9.17) is 0 Å². The van der Waals surface area contributed by atoms with E-state index in [2.05, 4.69) is 29.3 Å². The van der Waals surface area contributed by atoms with Crippen LogP contribution in [0.2, 0.25) is 0 Å². The molecule has 1 aromatic rings. The molecule has 0 saturated heterocycles. The first-order chi connectivity index (χ1) is 9.59. The molecular formula is C16H26N2O2. The van der Waals surface area contributed by atoms with Gasteiger partial charge in [0.25, 0.3) is 0 Å². The molecule has 0 aliphatic heterocycles. The first kappa shape index (κ1) is 16.5. The normalized spacial score (nSPS) is 13.8. The highest BCUT2D eigenvalue weighted by molar-refractivity contribution is 5.78. The number of rotatable bonds is 9. The second-order valence-corrected chi connectivity index (χ2v) is 5.01. The summed E-state index contributed by atoms with van der Waals surface area (Å²) in [6.45, 7) is 5.84. The van der Waals surface area contributed by atoms with Crippen LogP contribution in [0.1, 0.15) is 33.1 Å². The summed E-state index contributed by atoms with van der Waals surface area (Å²) in [5.74, 6) is -0.759. The lowest BCUT2D eigenvalue weighted by Gasteiger charge is -2.29. The fourth-order valence-corrected chi connectivity index (χ4v) is 2.52. The van der Waals surface area contributed by atoms with E-state index in [-0.39, 0.29) is 0 Å². The predicted octanol–water partition coefficient (Wildman–Crippen LogP) is 2.75. The zero-order valence-corrected chi connectivity index (χ0v) is 12.7. The van der Waals surface area contributed by atoms with E-state index in [0.717, 1.165) is 19.5 Å². The molecule has 1 rings (SSSR count). The number of benzene rings is 1. The Morgan fingerprint density at radius 1 is 1.30 bits per heavy atom. The number of anilines is 1. The molecule has 1 aromatic carbocycles. The third-order valence-electron chi connectivity index (χ3n) is 4.03. The molecule has 0 heterocycles. The smallest absolute Gasteiger partial charge is 0.323 e. The van der Waals surface area contributed by atoms with Crippen molar-refractivity contribution in [2.24, 2.45) is 0 Å². The Bertz CT molecular complexity index is 402. The molecule has 2 N–H and O–H groups in total. The molecule has 4 heteroatoms. The number of nitrogens with zero attached hydrogens (tertiary/aromatic N) is 1. The van der Waals surface area contributed by atoms with Gasteiger partial charge < -0.3 is 15.3 Å². The van der Waals surface area contributed by atoms with Gasteiger partial charge >= 0.3 is 5.97 Å². The number of aliphatic carboxylic acids is 1. The Labute approximate surface area is 121 Å². The Balaban J connectivity index is 2.59. The molecule has 0 aliphatic carbocycles. The molecule has 1 unspecified atom stereocenters. The maximum absolute atomic E-state index is 11.4. The summed E-state index contributed by atoms with van der Waals surface area (Å²) in [6, 6.07) is 10.2. The number of carboxylic acid groups (broad SMARTS) is 1. The predicted molar refractivity (Wildman–Crippen MR) is 83.3 cm³/mol. The molecule has 112 valence electrons. The van der Waals surface area contributed by atoms with Crippen molar-refractivity contribution in [1.82, 2.24) is 5.32 Å². The largest absolute Gasteiger partial charge is 0.480 e. The van der Waals surface area contributed by atoms with Crippen molar-refractivity contribution in [3.8, 4) is 0 Å². The van der Waals surface area contributed by atoms with Crippen molar-refractivity contribution >= 4 is 11.7 Å². The van der Waals surface area contributed by atoms with Crippen LogP contribution in [-0.2, 0) is 4.79 Å². The van der Waals surface area contributed by atoms with E-state index < -0.39 is 11.5 Å². The van der Waals surface area contributed by atoms with Crippen LogP contribution in [-0.4, -0.2) is 36.8 Å². The van der Waals surface area contributed by atoms with Crippen molar-refractivity contribution < 1.29 is 9.90 Å². The lowest BCUT2D eigenvalue weighted by Crippen LogP contribution is -2.50. The van der Waals surface area contributed by atoms with Crippen LogP contribution in [0.5, 0.6) is 0 Å². The summed E-state index contributed by atoms with van der Waals surface area (Å²) >= 11 is 0. The van der Waals surface area contributed by atoms with Crippen molar-refractivity contribution in [2.45, 2.75) is 38.6 Å². The molecule has 0 amide bonds. The van der Waals surface area contributed by atoms with Crippen LogP contribution in [0.3, 0.4) is 0 Å². The first-order valence-corrected chi connectivity index (χ1v) is 7.32. The van der Waals surface area contributed by atoms with Crippen molar-refractivity contribution in [3.63, 3.8) is 0 Å². The van der Waals surface area contributed by atoms with Gasteiger partial charge in [-0.2, -0.15) is 0 Å². The minimum atomic E-state index is -0.796. The fourth-order valence-electron chi connectivity index (χ4n) is 2.52. The average molecular weight is 278 g/mol. The lowest BCUT2D eigenvalue weighted by atomic mass is 9.90. The fraction of sp³-hybridized carbons (Fsp3) is 0.562.